The molecule has 1 aromatic rings. The van der Waals surface area contributed by atoms with E-state index >= 15 is 0 Å². The van der Waals surface area contributed by atoms with Gasteiger partial charge < -0.3 is 4.74 Å². The summed E-state index contributed by atoms with van der Waals surface area (Å²) in [5.41, 5.74) is 6.73. The summed E-state index contributed by atoms with van der Waals surface area (Å²) >= 11 is 0. The van der Waals surface area contributed by atoms with Gasteiger partial charge in [0.1, 0.15) is 0 Å². The van der Waals surface area contributed by atoms with Crippen LogP contribution in [0.1, 0.15) is 37.0 Å². The van der Waals surface area contributed by atoms with Crippen molar-refractivity contribution < 1.29 is 4.74 Å². The van der Waals surface area contributed by atoms with Gasteiger partial charge in [-0.05, 0) is 37.3 Å². The third-order valence-corrected chi connectivity index (χ3v) is 3.49. The summed E-state index contributed by atoms with van der Waals surface area (Å²) in [5, 5.41) is 0. The number of rotatable bonds is 5. The van der Waals surface area contributed by atoms with E-state index in [1.807, 2.05) is 6.92 Å². The Labute approximate surface area is 109 Å². The first-order valence-electron chi connectivity index (χ1n) is 6.52. The van der Waals surface area contributed by atoms with Crippen molar-refractivity contribution in [3.63, 3.8) is 0 Å². The lowest BCUT2D eigenvalue weighted by molar-refractivity contribution is 0.0133. The lowest BCUT2D eigenvalue weighted by Crippen LogP contribution is -2.42. The highest BCUT2D eigenvalue weighted by atomic mass is 16.5. The molecule has 0 aliphatic carbocycles. The molecule has 0 amide bonds. The van der Waals surface area contributed by atoms with Gasteiger partial charge in [0.2, 0.25) is 0 Å². The third-order valence-electron chi connectivity index (χ3n) is 3.49. The van der Waals surface area contributed by atoms with Crippen LogP contribution in [-0.4, -0.2) is 12.6 Å². The highest BCUT2D eigenvalue weighted by Gasteiger charge is 2.27. The number of nitrogens with two attached hydrogens (primary N) is 1. The number of hydrogen-bond acceptors (Lipinski definition) is 3. The Kier molecular flexibility index (Phi) is 4.53. The van der Waals surface area contributed by atoms with E-state index < -0.39 is 0 Å². The molecule has 0 spiro atoms. The van der Waals surface area contributed by atoms with Crippen molar-refractivity contribution in [3.8, 4) is 0 Å². The van der Waals surface area contributed by atoms with Crippen LogP contribution in [-0.2, 0) is 11.2 Å². The molecule has 0 saturated heterocycles. The van der Waals surface area contributed by atoms with Gasteiger partial charge in [-0.1, -0.05) is 29.8 Å². The average molecular weight is 246 g/mol. The second-order valence-electron chi connectivity index (χ2n) is 5.01. The maximum atomic E-state index is 5.92. The smallest absolute Gasteiger partial charge is 0.0994 e. The number of benzene rings is 1. The molecule has 2 rings (SSSR count). The highest BCUT2D eigenvalue weighted by Crippen LogP contribution is 2.31. The first-order valence-corrected chi connectivity index (χ1v) is 6.52. The van der Waals surface area contributed by atoms with Crippen LogP contribution in [0.15, 0.2) is 36.4 Å². The minimum atomic E-state index is 0.0549. The molecule has 1 aromatic carbocycles. The molecule has 0 bridgehead atoms. The van der Waals surface area contributed by atoms with E-state index in [9.17, 15) is 0 Å². The first-order chi connectivity index (χ1) is 8.72. The molecule has 1 aliphatic rings. The van der Waals surface area contributed by atoms with E-state index in [4.69, 9.17) is 10.6 Å². The number of fused-ring (bicyclic) bond motifs is 1. The Morgan fingerprint density at radius 3 is 3.06 bits per heavy atom. The Bertz CT molecular complexity index is 417. The van der Waals surface area contributed by atoms with Gasteiger partial charge in [-0.15, -0.1) is 6.58 Å². The molecule has 98 valence electrons. The van der Waals surface area contributed by atoms with Crippen LogP contribution in [0.4, 0.5) is 0 Å². The van der Waals surface area contributed by atoms with E-state index in [0.717, 1.165) is 25.9 Å². The van der Waals surface area contributed by atoms with Crippen LogP contribution in [0.25, 0.3) is 0 Å². The lowest BCUT2D eigenvalue weighted by Gasteiger charge is -2.32. The van der Waals surface area contributed by atoms with Gasteiger partial charge in [0, 0.05) is 0 Å². The van der Waals surface area contributed by atoms with Crippen LogP contribution in [0.5, 0.6) is 0 Å². The number of allylic oxidation sites excluding steroid dienone is 1. The van der Waals surface area contributed by atoms with E-state index in [1.165, 1.54) is 16.7 Å². The van der Waals surface area contributed by atoms with Crippen LogP contribution >= 0.6 is 0 Å². The van der Waals surface area contributed by atoms with Gasteiger partial charge in [0.25, 0.3) is 0 Å². The summed E-state index contributed by atoms with van der Waals surface area (Å²) in [5.74, 6) is 5.69. The van der Waals surface area contributed by atoms with E-state index in [1.54, 1.807) is 0 Å². The van der Waals surface area contributed by atoms with Crippen molar-refractivity contribution in [2.24, 2.45) is 5.84 Å². The van der Waals surface area contributed by atoms with Gasteiger partial charge in [-0.25, -0.2) is 0 Å². The summed E-state index contributed by atoms with van der Waals surface area (Å²) in [6.45, 7) is 6.76. The first kappa shape index (κ1) is 13.3. The second kappa shape index (κ2) is 6.14. The summed E-state index contributed by atoms with van der Waals surface area (Å²) in [6.07, 6.45) is 2.96. The minimum absolute atomic E-state index is 0.0549. The van der Waals surface area contributed by atoms with Gasteiger partial charge in [0.05, 0.1) is 18.8 Å². The third kappa shape index (κ3) is 2.99. The molecule has 1 aliphatic heterocycles. The van der Waals surface area contributed by atoms with Crippen LogP contribution < -0.4 is 11.3 Å². The second-order valence-corrected chi connectivity index (χ2v) is 5.01. The standard InChI is InChI=1S/C15H22N2O/c1-11(2)7-8-14(17-16)15-13-6-4-3-5-12(13)9-10-18-15/h3-6,14-15,17H,1,7-10,16H2,2H3. The quantitative estimate of drug-likeness (QED) is 0.477. The summed E-state index contributed by atoms with van der Waals surface area (Å²) in [7, 11) is 0. The van der Waals surface area contributed by atoms with Gasteiger partial charge >= 0.3 is 0 Å². The molecule has 2 atom stereocenters. The van der Waals surface area contributed by atoms with Crippen LogP contribution in [0.2, 0.25) is 0 Å². The largest absolute Gasteiger partial charge is 0.371 e. The monoisotopic (exact) mass is 246 g/mol. The molecule has 0 fully saturated rings. The van der Waals surface area contributed by atoms with Crippen LogP contribution in [0, 0.1) is 0 Å². The van der Waals surface area contributed by atoms with E-state index in [2.05, 4.69) is 36.3 Å². The molecule has 18 heavy (non-hydrogen) atoms. The van der Waals surface area contributed by atoms with E-state index in [-0.39, 0.29) is 12.1 Å². The maximum Gasteiger partial charge on any atom is 0.0994 e. The molecular weight excluding hydrogens is 224 g/mol. The Morgan fingerprint density at radius 1 is 1.56 bits per heavy atom. The van der Waals surface area contributed by atoms with Crippen LogP contribution in [0.3, 0.4) is 0 Å². The Hall–Kier alpha value is -1.16. The fraction of sp³-hybridized carbons (Fsp3) is 0.467. The van der Waals surface area contributed by atoms with Gasteiger partial charge in [-0.2, -0.15) is 0 Å². The molecule has 0 radical (unpaired) electrons. The molecule has 3 nitrogen and oxygen atoms in total. The molecule has 0 aromatic heterocycles. The maximum absolute atomic E-state index is 5.92. The normalized spacial score (nSPS) is 20.2. The predicted molar refractivity (Wildman–Crippen MR) is 74.0 cm³/mol. The highest BCUT2D eigenvalue weighted by molar-refractivity contribution is 5.31. The zero-order valence-corrected chi connectivity index (χ0v) is 11.0. The molecule has 1 heterocycles. The lowest BCUT2D eigenvalue weighted by atomic mass is 9.91. The number of hydrazine groups is 1. The number of ether oxygens (including phenoxy) is 1. The summed E-state index contributed by atoms with van der Waals surface area (Å²) in [4.78, 5) is 0. The fourth-order valence-electron chi connectivity index (χ4n) is 2.48. The van der Waals surface area contributed by atoms with Gasteiger partial charge in [-0.3, -0.25) is 11.3 Å². The molecular formula is C15H22N2O. The van der Waals surface area contributed by atoms with Crippen molar-refractivity contribution in [3.05, 3.63) is 47.5 Å². The van der Waals surface area contributed by atoms with Crippen molar-refractivity contribution in [2.75, 3.05) is 6.61 Å². The Morgan fingerprint density at radius 2 is 2.33 bits per heavy atom. The zero-order chi connectivity index (χ0) is 13.0. The molecule has 3 N–H and O–H groups in total. The van der Waals surface area contributed by atoms with E-state index in [0.29, 0.717) is 0 Å². The number of nitrogens with one attached hydrogen (secondary N) is 1. The number of hydrogen-bond donors (Lipinski definition) is 2. The topological polar surface area (TPSA) is 47.3 Å². The Balaban J connectivity index is 2.14. The SMILES string of the molecule is C=C(C)CCC(NN)C1OCCc2ccccc21. The molecule has 0 saturated carbocycles. The predicted octanol–water partition coefficient (Wildman–Crippen LogP) is 2.49. The summed E-state index contributed by atoms with van der Waals surface area (Å²) < 4.78 is 5.92. The minimum Gasteiger partial charge on any atom is -0.371 e. The fourth-order valence-corrected chi connectivity index (χ4v) is 2.48. The molecule has 3 heteroatoms. The van der Waals surface area contributed by atoms with Crippen molar-refractivity contribution in [1.82, 2.24) is 5.43 Å². The summed E-state index contributed by atoms with van der Waals surface area (Å²) in [6, 6.07) is 8.61. The van der Waals surface area contributed by atoms with Crippen molar-refractivity contribution in [1.29, 1.82) is 0 Å². The van der Waals surface area contributed by atoms with Crippen molar-refractivity contribution >= 4 is 0 Å². The average Bonchev–Trinajstić information content (AvgIpc) is 2.39. The zero-order valence-electron chi connectivity index (χ0n) is 11.0. The van der Waals surface area contributed by atoms with Gasteiger partial charge in [0.15, 0.2) is 0 Å². The molecule has 2 unspecified atom stereocenters. The van der Waals surface area contributed by atoms with Crippen molar-refractivity contribution in [2.45, 2.75) is 38.3 Å².